The number of nitrogens with zero attached hydrogens (tertiary/aromatic N) is 2. The molecule has 1 amide bonds. The van der Waals surface area contributed by atoms with Crippen molar-refractivity contribution in [2.45, 2.75) is 13.0 Å². The Hall–Kier alpha value is -1.99. The Balaban J connectivity index is 1.89. The van der Waals surface area contributed by atoms with E-state index in [4.69, 9.17) is 11.6 Å². The van der Waals surface area contributed by atoms with Crippen LogP contribution >= 0.6 is 22.9 Å². The second-order valence-corrected chi connectivity index (χ2v) is 5.88. The van der Waals surface area contributed by atoms with E-state index in [1.54, 1.807) is 13.0 Å². The first-order valence-corrected chi connectivity index (χ1v) is 7.29. The summed E-state index contributed by atoms with van der Waals surface area (Å²) in [5, 5.41) is 10.2. The first-order chi connectivity index (χ1) is 10.1. The van der Waals surface area contributed by atoms with Gasteiger partial charge in [0.2, 0.25) is 0 Å². The number of hydrogen-bond donors (Lipinski definition) is 2. The van der Waals surface area contributed by atoms with Gasteiger partial charge in [0.1, 0.15) is 22.8 Å². The van der Waals surface area contributed by atoms with Gasteiger partial charge in [0.05, 0.1) is 11.1 Å². The zero-order valence-electron chi connectivity index (χ0n) is 10.9. The summed E-state index contributed by atoms with van der Waals surface area (Å²) in [5.41, 5.74) is 0. The average Bonchev–Trinajstić information content (AvgIpc) is 3.07. The summed E-state index contributed by atoms with van der Waals surface area (Å²) in [6.07, 6.45) is 1.37. The van der Waals surface area contributed by atoms with E-state index in [-0.39, 0.29) is 17.8 Å². The van der Waals surface area contributed by atoms with Crippen molar-refractivity contribution in [3.05, 3.63) is 46.1 Å². The van der Waals surface area contributed by atoms with Crippen molar-refractivity contribution in [1.82, 2.24) is 20.5 Å². The Bertz CT molecular complexity index is 802. The minimum Gasteiger partial charge on any atom is -0.342 e. The SMILES string of the molecule is CC(NC(=O)c1sc2cc(F)ccc2c1Cl)c1ncn[nH]1. The van der Waals surface area contributed by atoms with Crippen molar-refractivity contribution in [3.8, 4) is 0 Å². The topological polar surface area (TPSA) is 70.7 Å². The summed E-state index contributed by atoms with van der Waals surface area (Å²) in [4.78, 5) is 16.6. The Morgan fingerprint density at radius 1 is 1.52 bits per heavy atom. The molecule has 0 spiro atoms. The lowest BCUT2D eigenvalue weighted by Gasteiger charge is -2.09. The van der Waals surface area contributed by atoms with Gasteiger partial charge in [-0.15, -0.1) is 11.3 Å². The molecule has 3 aromatic rings. The fraction of sp³-hybridized carbons (Fsp3) is 0.154. The number of nitrogens with one attached hydrogen (secondary N) is 2. The van der Waals surface area contributed by atoms with E-state index in [0.29, 0.717) is 25.8 Å². The lowest BCUT2D eigenvalue weighted by molar-refractivity contribution is 0.0942. The second-order valence-electron chi connectivity index (χ2n) is 4.45. The fourth-order valence-electron chi connectivity index (χ4n) is 1.94. The number of carbonyl (C=O) groups excluding carboxylic acids is 1. The van der Waals surface area contributed by atoms with Gasteiger partial charge in [-0.1, -0.05) is 11.6 Å². The Morgan fingerprint density at radius 2 is 2.33 bits per heavy atom. The van der Waals surface area contributed by atoms with Crippen molar-refractivity contribution >= 4 is 38.9 Å². The molecule has 2 heterocycles. The second kappa shape index (κ2) is 5.42. The number of benzene rings is 1. The van der Waals surface area contributed by atoms with Crippen LogP contribution < -0.4 is 5.32 Å². The maximum atomic E-state index is 13.2. The van der Waals surface area contributed by atoms with E-state index in [1.165, 1.54) is 18.5 Å². The molecule has 108 valence electrons. The molecule has 0 saturated heterocycles. The highest BCUT2D eigenvalue weighted by Crippen LogP contribution is 2.35. The van der Waals surface area contributed by atoms with Crippen LogP contribution in [-0.2, 0) is 0 Å². The van der Waals surface area contributed by atoms with E-state index >= 15 is 0 Å². The van der Waals surface area contributed by atoms with Crippen molar-refractivity contribution in [2.24, 2.45) is 0 Å². The first-order valence-electron chi connectivity index (χ1n) is 6.10. The van der Waals surface area contributed by atoms with Gasteiger partial charge >= 0.3 is 0 Å². The van der Waals surface area contributed by atoms with Gasteiger partial charge in [0.15, 0.2) is 0 Å². The van der Waals surface area contributed by atoms with Crippen LogP contribution in [0.25, 0.3) is 10.1 Å². The minimum atomic E-state index is -0.359. The summed E-state index contributed by atoms with van der Waals surface area (Å²) in [7, 11) is 0. The molecule has 1 aromatic carbocycles. The molecule has 1 unspecified atom stereocenters. The standard InChI is InChI=1S/C13H10ClFN4OS/c1-6(12-16-5-17-19-12)18-13(20)11-10(14)8-3-2-7(15)4-9(8)21-11/h2-6H,1H3,(H,18,20)(H,16,17,19). The van der Waals surface area contributed by atoms with Crippen LogP contribution in [-0.4, -0.2) is 21.1 Å². The quantitative estimate of drug-likeness (QED) is 0.776. The van der Waals surface area contributed by atoms with Gasteiger partial charge < -0.3 is 5.32 Å². The van der Waals surface area contributed by atoms with Gasteiger partial charge in [0.25, 0.3) is 5.91 Å². The maximum Gasteiger partial charge on any atom is 0.263 e. The number of H-pyrrole nitrogens is 1. The van der Waals surface area contributed by atoms with Crippen molar-refractivity contribution in [2.75, 3.05) is 0 Å². The number of amides is 1. The summed E-state index contributed by atoms with van der Waals surface area (Å²) in [6, 6.07) is 3.92. The summed E-state index contributed by atoms with van der Waals surface area (Å²) in [5.74, 6) is -0.139. The number of halogens is 2. The van der Waals surface area contributed by atoms with E-state index in [2.05, 4.69) is 20.5 Å². The lowest BCUT2D eigenvalue weighted by atomic mass is 10.2. The summed E-state index contributed by atoms with van der Waals surface area (Å²) < 4.78 is 13.9. The minimum absolute atomic E-state index is 0.328. The highest BCUT2D eigenvalue weighted by Gasteiger charge is 2.20. The molecule has 1 atom stereocenters. The number of carbonyl (C=O) groups is 1. The molecule has 0 aliphatic rings. The third-order valence-corrected chi connectivity index (χ3v) is 4.65. The van der Waals surface area contributed by atoms with Crippen molar-refractivity contribution in [3.63, 3.8) is 0 Å². The molecule has 0 radical (unpaired) electrons. The molecule has 0 bridgehead atoms. The van der Waals surface area contributed by atoms with Crippen LogP contribution in [0, 0.1) is 5.82 Å². The monoisotopic (exact) mass is 324 g/mol. The molecule has 2 N–H and O–H groups in total. The molecule has 0 fully saturated rings. The molecule has 0 aliphatic carbocycles. The van der Waals surface area contributed by atoms with Crippen molar-refractivity contribution < 1.29 is 9.18 Å². The molecule has 0 aliphatic heterocycles. The first kappa shape index (κ1) is 14.0. The highest BCUT2D eigenvalue weighted by atomic mass is 35.5. The molecule has 0 saturated carbocycles. The number of aromatic nitrogens is 3. The van der Waals surface area contributed by atoms with Crippen molar-refractivity contribution in [1.29, 1.82) is 0 Å². The average molecular weight is 325 g/mol. The third kappa shape index (κ3) is 2.62. The number of rotatable bonds is 3. The summed E-state index contributed by atoms with van der Waals surface area (Å²) >= 11 is 7.36. The number of thiophene rings is 1. The van der Waals surface area contributed by atoms with E-state index < -0.39 is 0 Å². The largest absolute Gasteiger partial charge is 0.342 e. The lowest BCUT2D eigenvalue weighted by Crippen LogP contribution is -2.26. The van der Waals surface area contributed by atoms with Crippen LogP contribution in [0.3, 0.4) is 0 Å². The number of fused-ring (bicyclic) bond motifs is 1. The smallest absolute Gasteiger partial charge is 0.263 e. The molecule has 8 heteroatoms. The van der Waals surface area contributed by atoms with Crippen LogP contribution in [0.15, 0.2) is 24.5 Å². The van der Waals surface area contributed by atoms with E-state index in [1.807, 2.05) is 0 Å². The van der Waals surface area contributed by atoms with E-state index in [9.17, 15) is 9.18 Å². The zero-order valence-corrected chi connectivity index (χ0v) is 12.4. The Kier molecular flexibility index (Phi) is 3.60. The molecule has 21 heavy (non-hydrogen) atoms. The van der Waals surface area contributed by atoms with Gasteiger partial charge in [-0.05, 0) is 25.1 Å². The predicted octanol–water partition coefficient (Wildman–Crippen LogP) is 3.30. The van der Waals surface area contributed by atoms with Crippen LogP contribution in [0.2, 0.25) is 5.02 Å². The van der Waals surface area contributed by atoms with Crippen LogP contribution in [0.5, 0.6) is 0 Å². The predicted molar refractivity (Wildman–Crippen MR) is 79.1 cm³/mol. The van der Waals surface area contributed by atoms with Gasteiger partial charge in [-0.3, -0.25) is 9.89 Å². The van der Waals surface area contributed by atoms with E-state index in [0.717, 1.165) is 11.3 Å². The van der Waals surface area contributed by atoms with Gasteiger partial charge in [-0.25, -0.2) is 9.37 Å². The highest BCUT2D eigenvalue weighted by molar-refractivity contribution is 7.21. The number of aromatic amines is 1. The molecular weight excluding hydrogens is 315 g/mol. The normalized spacial score (nSPS) is 12.5. The Morgan fingerprint density at radius 3 is 3.05 bits per heavy atom. The van der Waals surface area contributed by atoms with Crippen LogP contribution in [0.1, 0.15) is 28.5 Å². The number of hydrogen-bond acceptors (Lipinski definition) is 4. The van der Waals surface area contributed by atoms with Gasteiger partial charge in [0, 0.05) is 10.1 Å². The molecule has 3 rings (SSSR count). The van der Waals surface area contributed by atoms with Crippen LogP contribution in [0.4, 0.5) is 4.39 Å². The fourth-order valence-corrected chi connectivity index (χ4v) is 3.38. The summed E-state index contributed by atoms with van der Waals surface area (Å²) in [6.45, 7) is 1.78. The molecule has 2 aromatic heterocycles. The molecule has 5 nitrogen and oxygen atoms in total. The zero-order chi connectivity index (χ0) is 15.0. The third-order valence-electron chi connectivity index (χ3n) is 2.99. The van der Waals surface area contributed by atoms with Gasteiger partial charge in [-0.2, -0.15) is 5.10 Å². The maximum absolute atomic E-state index is 13.2. The Labute approximate surface area is 128 Å². The molecular formula is C13H10ClFN4OS.